The van der Waals surface area contributed by atoms with Gasteiger partial charge in [0, 0.05) is 22.8 Å². The van der Waals surface area contributed by atoms with Crippen molar-refractivity contribution in [2.24, 2.45) is 5.92 Å². The van der Waals surface area contributed by atoms with Gasteiger partial charge in [0.05, 0.1) is 0 Å². The third-order valence-electron chi connectivity index (χ3n) is 4.27. The van der Waals surface area contributed by atoms with Crippen molar-refractivity contribution in [3.05, 3.63) is 36.2 Å². The van der Waals surface area contributed by atoms with Crippen LogP contribution in [0, 0.1) is 5.92 Å². The average molecular weight is 327 g/mol. The topological polar surface area (TPSA) is 64.1 Å². The summed E-state index contributed by atoms with van der Waals surface area (Å²) in [6.07, 6.45) is 5.43. The summed E-state index contributed by atoms with van der Waals surface area (Å²) in [5, 5.41) is 3.90. The number of aryl methyl sites for hydroxylation is 1. The summed E-state index contributed by atoms with van der Waals surface area (Å²) in [7, 11) is 0. The summed E-state index contributed by atoms with van der Waals surface area (Å²) in [5.41, 5.74) is 1.63. The van der Waals surface area contributed by atoms with Crippen molar-refractivity contribution in [3.8, 4) is 0 Å². The minimum atomic E-state index is -0.312. The lowest BCUT2D eigenvalue weighted by Crippen LogP contribution is -2.44. The fourth-order valence-corrected chi connectivity index (χ4v) is 2.98. The van der Waals surface area contributed by atoms with Gasteiger partial charge in [0.1, 0.15) is 6.10 Å². The number of carbonyl (C=O) groups excluding carboxylic acids is 1. The Morgan fingerprint density at radius 1 is 1.29 bits per heavy atom. The number of aromatic nitrogens is 2. The van der Waals surface area contributed by atoms with Crippen molar-refractivity contribution in [1.29, 1.82) is 0 Å². The number of fused-ring (bicyclic) bond motifs is 1. The van der Waals surface area contributed by atoms with Crippen molar-refractivity contribution in [2.45, 2.75) is 58.1 Å². The maximum atomic E-state index is 11.7. The Bertz CT molecular complexity index is 718. The summed E-state index contributed by atoms with van der Waals surface area (Å²) in [5.74, 6) is 0.610. The number of pyridine rings is 2. The molecule has 3 rings (SSSR count). The highest BCUT2D eigenvalue weighted by Gasteiger charge is 2.32. The summed E-state index contributed by atoms with van der Waals surface area (Å²) >= 11 is 0. The highest BCUT2D eigenvalue weighted by Crippen LogP contribution is 2.33. The van der Waals surface area contributed by atoms with Crippen LogP contribution in [0.2, 0.25) is 0 Å². The molecule has 1 aliphatic carbocycles. The maximum absolute atomic E-state index is 11.7. The third kappa shape index (κ3) is 4.43. The van der Waals surface area contributed by atoms with Gasteiger partial charge >= 0.3 is 6.09 Å². The summed E-state index contributed by atoms with van der Waals surface area (Å²) < 4.78 is 5.43. The Labute approximate surface area is 142 Å². The molecule has 0 radical (unpaired) electrons. The molecule has 2 aromatic heterocycles. The Morgan fingerprint density at radius 2 is 2.08 bits per heavy atom. The molecule has 2 heterocycles. The van der Waals surface area contributed by atoms with E-state index in [0.717, 1.165) is 42.4 Å². The van der Waals surface area contributed by atoms with Crippen LogP contribution in [0.5, 0.6) is 0 Å². The van der Waals surface area contributed by atoms with Crippen molar-refractivity contribution >= 4 is 17.1 Å². The van der Waals surface area contributed by atoms with Crippen LogP contribution in [-0.4, -0.2) is 27.7 Å². The van der Waals surface area contributed by atoms with E-state index in [1.165, 1.54) is 0 Å². The van der Waals surface area contributed by atoms with Gasteiger partial charge in [-0.05, 0) is 76.6 Å². The SMILES string of the molecule is CC(C)(C)NC(=O)OC1CC(CCc2ccc3cccnc3n2)C1. The predicted octanol–water partition coefficient (Wildman–Crippen LogP) is 3.87. The molecule has 1 saturated carbocycles. The standard InChI is InChI=1S/C19H25N3O2/c1-19(2,3)22-18(23)24-16-11-13(12-16)6-8-15-9-7-14-5-4-10-20-17(14)21-15/h4-5,7,9-10,13,16H,6,8,11-12H2,1-3H3,(H,22,23). The lowest BCUT2D eigenvalue weighted by molar-refractivity contribution is 0.0120. The minimum Gasteiger partial charge on any atom is -0.446 e. The monoisotopic (exact) mass is 327 g/mol. The second-order valence-corrected chi connectivity index (χ2v) is 7.63. The second-order valence-electron chi connectivity index (χ2n) is 7.63. The first-order valence-corrected chi connectivity index (χ1v) is 8.58. The van der Waals surface area contributed by atoms with Gasteiger partial charge in [-0.1, -0.05) is 0 Å². The normalized spacial score (nSPS) is 20.5. The van der Waals surface area contributed by atoms with Gasteiger partial charge in [-0.3, -0.25) is 0 Å². The minimum absolute atomic E-state index is 0.0589. The molecule has 1 aliphatic rings. The third-order valence-corrected chi connectivity index (χ3v) is 4.27. The van der Waals surface area contributed by atoms with Crippen LogP contribution >= 0.6 is 0 Å². The molecule has 2 aromatic rings. The van der Waals surface area contributed by atoms with Crippen LogP contribution in [0.25, 0.3) is 11.0 Å². The zero-order valence-electron chi connectivity index (χ0n) is 14.6. The smallest absolute Gasteiger partial charge is 0.407 e. The largest absolute Gasteiger partial charge is 0.446 e. The molecular weight excluding hydrogens is 302 g/mol. The summed E-state index contributed by atoms with van der Waals surface area (Å²) in [4.78, 5) is 20.6. The lowest BCUT2D eigenvalue weighted by Gasteiger charge is -2.35. The number of rotatable bonds is 4. The molecule has 128 valence electrons. The molecule has 1 N–H and O–H groups in total. The van der Waals surface area contributed by atoms with Gasteiger partial charge in [0.15, 0.2) is 5.65 Å². The van der Waals surface area contributed by atoms with Crippen molar-refractivity contribution in [2.75, 3.05) is 0 Å². The van der Waals surface area contributed by atoms with E-state index in [4.69, 9.17) is 4.74 Å². The van der Waals surface area contributed by atoms with E-state index in [0.29, 0.717) is 5.92 Å². The van der Waals surface area contributed by atoms with Crippen molar-refractivity contribution in [1.82, 2.24) is 15.3 Å². The molecule has 0 bridgehead atoms. The number of amides is 1. The van der Waals surface area contributed by atoms with Gasteiger partial charge in [-0.15, -0.1) is 0 Å². The molecule has 0 unspecified atom stereocenters. The Balaban J connectivity index is 1.42. The van der Waals surface area contributed by atoms with Crippen LogP contribution in [0.15, 0.2) is 30.5 Å². The first-order chi connectivity index (χ1) is 11.4. The van der Waals surface area contributed by atoms with Gasteiger partial charge in [0.25, 0.3) is 0 Å². The average Bonchev–Trinajstić information content (AvgIpc) is 2.47. The van der Waals surface area contributed by atoms with Gasteiger partial charge < -0.3 is 10.1 Å². The number of hydrogen-bond donors (Lipinski definition) is 1. The summed E-state index contributed by atoms with van der Waals surface area (Å²) in [6, 6.07) is 8.10. The van der Waals surface area contributed by atoms with Crippen LogP contribution in [0.4, 0.5) is 4.79 Å². The van der Waals surface area contributed by atoms with E-state index in [-0.39, 0.29) is 17.7 Å². The van der Waals surface area contributed by atoms with Crippen LogP contribution in [0.3, 0.4) is 0 Å². The fourth-order valence-electron chi connectivity index (χ4n) is 2.98. The molecule has 0 aliphatic heterocycles. The molecule has 0 atom stereocenters. The highest BCUT2D eigenvalue weighted by atomic mass is 16.6. The molecule has 1 amide bonds. The number of nitrogens with zero attached hydrogens (tertiary/aromatic N) is 2. The predicted molar refractivity (Wildman–Crippen MR) is 93.7 cm³/mol. The quantitative estimate of drug-likeness (QED) is 0.926. The number of hydrogen-bond acceptors (Lipinski definition) is 4. The number of carbonyl (C=O) groups is 1. The Morgan fingerprint density at radius 3 is 2.83 bits per heavy atom. The fraction of sp³-hybridized carbons (Fsp3) is 0.526. The van der Waals surface area contributed by atoms with Crippen molar-refractivity contribution < 1.29 is 9.53 Å². The molecule has 24 heavy (non-hydrogen) atoms. The zero-order chi connectivity index (χ0) is 17.2. The van der Waals surface area contributed by atoms with E-state index < -0.39 is 0 Å². The van der Waals surface area contributed by atoms with Gasteiger partial charge in [-0.2, -0.15) is 0 Å². The molecule has 1 fully saturated rings. The highest BCUT2D eigenvalue weighted by molar-refractivity contribution is 5.74. The number of alkyl carbamates (subject to hydrolysis) is 1. The molecular formula is C19H25N3O2. The zero-order valence-corrected chi connectivity index (χ0v) is 14.6. The maximum Gasteiger partial charge on any atom is 0.407 e. The van der Waals surface area contributed by atoms with E-state index in [2.05, 4.69) is 27.4 Å². The van der Waals surface area contributed by atoms with Gasteiger partial charge in [-0.25, -0.2) is 14.8 Å². The Kier molecular flexibility index (Phi) is 4.69. The van der Waals surface area contributed by atoms with Crippen molar-refractivity contribution in [3.63, 3.8) is 0 Å². The van der Waals surface area contributed by atoms with Gasteiger partial charge in [0.2, 0.25) is 0 Å². The van der Waals surface area contributed by atoms with Crippen LogP contribution in [-0.2, 0) is 11.2 Å². The Hall–Kier alpha value is -2.17. The number of ether oxygens (including phenoxy) is 1. The molecule has 5 nitrogen and oxygen atoms in total. The number of nitrogens with one attached hydrogen (secondary N) is 1. The van der Waals surface area contributed by atoms with Crippen LogP contribution in [0.1, 0.15) is 45.7 Å². The molecule has 0 aromatic carbocycles. The molecule has 5 heteroatoms. The van der Waals surface area contributed by atoms with E-state index in [1.54, 1.807) is 6.20 Å². The van der Waals surface area contributed by atoms with Crippen LogP contribution < -0.4 is 5.32 Å². The van der Waals surface area contributed by atoms with E-state index >= 15 is 0 Å². The first kappa shape index (κ1) is 16.7. The first-order valence-electron chi connectivity index (χ1n) is 8.58. The van der Waals surface area contributed by atoms with E-state index in [1.807, 2.05) is 32.9 Å². The lowest BCUT2D eigenvalue weighted by atomic mass is 9.79. The molecule has 0 saturated heterocycles. The van der Waals surface area contributed by atoms with E-state index in [9.17, 15) is 4.79 Å². The second kappa shape index (κ2) is 6.75. The summed E-state index contributed by atoms with van der Waals surface area (Å²) in [6.45, 7) is 5.84. The molecule has 0 spiro atoms.